The van der Waals surface area contributed by atoms with E-state index >= 15 is 0 Å². The third-order valence-electron chi connectivity index (χ3n) is 2.30. The predicted molar refractivity (Wildman–Crippen MR) is 64.5 cm³/mol. The maximum atomic E-state index is 8.63. The van der Waals surface area contributed by atoms with Crippen LogP contribution in [0.5, 0.6) is 0 Å². The van der Waals surface area contributed by atoms with Crippen molar-refractivity contribution in [2.45, 2.75) is 20.4 Å². The number of hydrogen-bond donors (Lipinski definition) is 2. The lowest BCUT2D eigenvalue weighted by molar-refractivity contribution is -0.910. The Hall–Kier alpha value is -0.950. The van der Waals surface area contributed by atoms with Gasteiger partial charge >= 0.3 is 0 Å². The second kappa shape index (κ2) is 8.19. The molecule has 0 atom stereocenters. The van der Waals surface area contributed by atoms with Gasteiger partial charge in [-0.05, 0) is 13.8 Å². The van der Waals surface area contributed by atoms with Crippen molar-refractivity contribution in [2.24, 2.45) is 0 Å². The Morgan fingerprint density at radius 1 is 1.18 bits per heavy atom. The van der Waals surface area contributed by atoms with Gasteiger partial charge in [0, 0.05) is 5.56 Å². The van der Waals surface area contributed by atoms with E-state index in [0.717, 1.165) is 6.54 Å². The van der Waals surface area contributed by atoms with E-state index in [-0.39, 0.29) is 0 Å². The zero-order valence-corrected chi connectivity index (χ0v) is 10.9. The quantitative estimate of drug-likeness (QED) is 0.595. The molecule has 0 aliphatic rings. The molecule has 0 fully saturated rings. The summed E-state index contributed by atoms with van der Waals surface area (Å²) >= 11 is 0. The number of nitrogens with one attached hydrogen (secondary N) is 1. The summed E-state index contributed by atoms with van der Waals surface area (Å²) in [5.74, 6) is 0. The second-order valence-corrected chi connectivity index (χ2v) is 4.40. The fourth-order valence-electron chi connectivity index (χ4n) is 1.38. The maximum Gasteiger partial charge on any atom is 0.215 e. The van der Waals surface area contributed by atoms with Gasteiger partial charge in [-0.1, -0.05) is 30.3 Å². The number of rotatable bonds is 4. The van der Waals surface area contributed by atoms with Crippen LogP contribution in [0.3, 0.4) is 0 Å². The minimum Gasteiger partial charge on any atom is -0.726 e. The molecule has 0 aromatic heterocycles. The summed E-state index contributed by atoms with van der Waals surface area (Å²) in [5, 5.41) is 0. The molecule has 0 aliphatic carbocycles. The highest BCUT2D eigenvalue weighted by Crippen LogP contribution is 1.94. The lowest BCUT2D eigenvalue weighted by atomic mass is 10.2. The van der Waals surface area contributed by atoms with Crippen LogP contribution in [-0.2, 0) is 16.9 Å². The van der Waals surface area contributed by atoms with Gasteiger partial charge < -0.3 is 9.45 Å². The molecule has 0 unspecified atom stereocenters. The Morgan fingerprint density at radius 3 is 1.94 bits per heavy atom. The first-order chi connectivity index (χ1) is 7.86. The molecule has 0 aliphatic heterocycles. The van der Waals surface area contributed by atoms with Crippen LogP contribution >= 0.6 is 0 Å². The summed E-state index contributed by atoms with van der Waals surface area (Å²) in [6, 6.07) is 10.7. The van der Waals surface area contributed by atoms with Crippen LogP contribution in [0, 0.1) is 0 Å². The summed E-state index contributed by atoms with van der Waals surface area (Å²) in [6.07, 6.45) is 0. The summed E-state index contributed by atoms with van der Waals surface area (Å²) in [6.45, 7) is 8.06. The summed E-state index contributed by atoms with van der Waals surface area (Å²) in [5.41, 5.74) is 1.44. The van der Waals surface area contributed by atoms with Crippen molar-refractivity contribution in [1.29, 1.82) is 0 Å². The molecule has 0 spiro atoms. The average Bonchev–Trinajstić information content (AvgIpc) is 2.25. The molecular weight excluding hydrogens is 242 g/mol. The third-order valence-corrected chi connectivity index (χ3v) is 2.30. The first-order valence-corrected chi connectivity index (χ1v) is 6.79. The van der Waals surface area contributed by atoms with Crippen LogP contribution in [0.4, 0.5) is 0 Å². The summed E-state index contributed by atoms with van der Waals surface area (Å²) in [7, 11) is -4.92. The molecule has 0 bridgehead atoms. The highest BCUT2D eigenvalue weighted by atomic mass is 32.3. The maximum absolute atomic E-state index is 8.63. The van der Waals surface area contributed by atoms with Gasteiger partial charge in [0.25, 0.3) is 0 Å². The molecule has 0 heterocycles. The van der Waals surface area contributed by atoms with Gasteiger partial charge in [0.2, 0.25) is 10.4 Å². The molecule has 5 nitrogen and oxygen atoms in total. The van der Waals surface area contributed by atoms with Gasteiger partial charge in [-0.3, -0.25) is 4.55 Å². The van der Waals surface area contributed by atoms with Gasteiger partial charge in [0.05, 0.1) is 13.1 Å². The van der Waals surface area contributed by atoms with Gasteiger partial charge in [0.1, 0.15) is 6.54 Å². The lowest BCUT2D eigenvalue weighted by Crippen LogP contribution is -3.10. The van der Waals surface area contributed by atoms with Crippen molar-refractivity contribution in [1.82, 2.24) is 0 Å². The number of quaternary nitrogens is 1. The van der Waals surface area contributed by atoms with E-state index in [0.29, 0.717) is 0 Å². The van der Waals surface area contributed by atoms with Crippen LogP contribution in [0.15, 0.2) is 30.3 Å². The molecule has 0 saturated carbocycles. The molecule has 0 radical (unpaired) electrons. The van der Waals surface area contributed by atoms with E-state index in [9.17, 15) is 0 Å². The van der Waals surface area contributed by atoms with E-state index in [1.165, 1.54) is 18.7 Å². The molecule has 17 heavy (non-hydrogen) atoms. The molecule has 1 rings (SSSR count). The first-order valence-electron chi connectivity index (χ1n) is 5.42. The molecule has 1 aromatic carbocycles. The second-order valence-electron chi connectivity index (χ2n) is 3.55. The van der Waals surface area contributed by atoms with E-state index in [1.807, 2.05) is 0 Å². The average molecular weight is 261 g/mol. The SMILES string of the molecule is CC[NH+](CC)Cc1ccccc1.O=S(=O)([O-])O. The molecule has 0 amide bonds. The smallest absolute Gasteiger partial charge is 0.215 e. The number of benzene rings is 1. The van der Waals surface area contributed by atoms with Crippen LogP contribution in [0.2, 0.25) is 0 Å². The van der Waals surface area contributed by atoms with Crippen molar-refractivity contribution < 1.29 is 22.4 Å². The molecular formula is C11H19NO4S. The first kappa shape index (κ1) is 16.1. The summed E-state index contributed by atoms with van der Waals surface area (Å²) < 4.78 is 32.8. The van der Waals surface area contributed by atoms with Gasteiger partial charge in [-0.15, -0.1) is 0 Å². The molecule has 0 saturated heterocycles. The zero-order valence-electron chi connectivity index (χ0n) is 10.1. The van der Waals surface area contributed by atoms with E-state index in [2.05, 4.69) is 44.2 Å². The van der Waals surface area contributed by atoms with Crippen molar-refractivity contribution in [3.05, 3.63) is 35.9 Å². The molecule has 1 aromatic rings. The van der Waals surface area contributed by atoms with E-state index in [1.54, 1.807) is 4.90 Å². The Labute approximate surface area is 103 Å². The standard InChI is InChI=1S/C11H17N.H2O4S/c1-3-12(4-2)10-11-8-6-5-7-9-11;1-5(2,3)4/h5-9H,3-4,10H2,1-2H3;(H2,1,2,3,4). The molecule has 2 N–H and O–H groups in total. The fraction of sp³-hybridized carbons (Fsp3) is 0.455. The van der Waals surface area contributed by atoms with Crippen LogP contribution in [0.1, 0.15) is 19.4 Å². The lowest BCUT2D eigenvalue weighted by Gasteiger charge is -2.14. The van der Waals surface area contributed by atoms with Crippen molar-refractivity contribution in [3.8, 4) is 0 Å². The topological polar surface area (TPSA) is 81.9 Å². The molecule has 98 valence electrons. The Bertz CT molecular complexity index is 379. The Morgan fingerprint density at radius 2 is 1.59 bits per heavy atom. The minimum absolute atomic E-state index is 1.16. The van der Waals surface area contributed by atoms with Crippen LogP contribution < -0.4 is 4.90 Å². The highest BCUT2D eigenvalue weighted by molar-refractivity contribution is 7.79. The van der Waals surface area contributed by atoms with Crippen molar-refractivity contribution in [3.63, 3.8) is 0 Å². The number of hydrogen-bond acceptors (Lipinski definition) is 3. The van der Waals surface area contributed by atoms with Crippen molar-refractivity contribution in [2.75, 3.05) is 13.1 Å². The summed E-state index contributed by atoms with van der Waals surface area (Å²) in [4.78, 5) is 1.64. The molecule has 6 heteroatoms. The fourth-order valence-corrected chi connectivity index (χ4v) is 1.38. The van der Waals surface area contributed by atoms with E-state index < -0.39 is 10.4 Å². The van der Waals surface area contributed by atoms with E-state index in [4.69, 9.17) is 17.5 Å². The largest absolute Gasteiger partial charge is 0.726 e. The van der Waals surface area contributed by atoms with Crippen LogP contribution in [-0.4, -0.2) is 30.6 Å². The zero-order chi connectivity index (χ0) is 13.3. The van der Waals surface area contributed by atoms with Gasteiger partial charge in [-0.25, -0.2) is 8.42 Å². The Kier molecular flexibility index (Phi) is 7.73. The minimum atomic E-state index is -4.92. The van der Waals surface area contributed by atoms with Crippen LogP contribution in [0.25, 0.3) is 0 Å². The highest BCUT2D eigenvalue weighted by Gasteiger charge is 2.02. The predicted octanol–water partition coefficient (Wildman–Crippen LogP) is 0.116. The Balaban J connectivity index is 0.000000437. The normalized spacial score (nSPS) is 10.9. The third kappa shape index (κ3) is 11.3. The van der Waals surface area contributed by atoms with Gasteiger partial charge in [-0.2, -0.15) is 0 Å². The van der Waals surface area contributed by atoms with Gasteiger partial charge in [0.15, 0.2) is 0 Å². The van der Waals surface area contributed by atoms with Crippen molar-refractivity contribution >= 4 is 10.4 Å². The monoisotopic (exact) mass is 261 g/mol.